The van der Waals surface area contributed by atoms with E-state index >= 15 is 0 Å². The number of ether oxygens (including phenoxy) is 1. The number of anilines is 6. The van der Waals surface area contributed by atoms with Crippen molar-refractivity contribution in [2.45, 2.75) is 285 Å². The molecule has 10 aromatic rings. The van der Waals surface area contributed by atoms with Gasteiger partial charge in [0.15, 0.2) is 20.5 Å². The number of nitrogens with one attached hydrogen (secondary N) is 8. The Morgan fingerprint density at radius 2 is 0.703 bits per heavy atom. The van der Waals surface area contributed by atoms with Crippen LogP contribution >= 0.6 is 92.4 Å². The predicted molar refractivity (Wildman–Crippen MR) is 582 cm³/mol. The number of nitrogens with zero attached hydrogens (tertiary/aromatic N) is 12. The van der Waals surface area contributed by atoms with Crippen LogP contribution in [-0.2, 0) is 68.0 Å². The average molecular weight is 2130 g/mol. The SMILES string of the molecule is C.C=CC(=O)NC1CCC(C(=O)N2CCC[C@@H](Nc3ncc(SCc4ncc(C(C)(C)C)o4)s3)C2)CC1.C=CC(=O)NC1CCC(C(=O)N2CCC[C@@H](Nc3ncc(SCc4ncc(C(C)(C)C)o4)s3)C2)CC1.C=CC(=O)Nc1ccc(C(=O)N2CCC[C@H](Nc3ncc(SCc4ncc(C(C)C)o4)s3)C2)cc1.C=CC(=O)Nc1ccc(OC(=O)N2CCC[C@@H](Nc3ncc(SCc4ncc(C(C)(C)C)o4)s3)C2)cc1. The summed E-state index contributed by atoms with van der Waals surface area (Å²) in [6.07, 6.45) is 33.7. The normalized spacial score (nSPS) is 19.1. The predicted octanol–water partition coefficient (Wildman–Crippen LogP) is 21.9. The first-order valence-corrected chi connectivity index (χ1v) is 56.2. The van der Waals surface area contributed by atoms with Crippen LogP contribution < -0.4 is 47.3 Å². The van der Waals surface area contributed by atoms with E-state index in [0.29, 0.717) is 90.2 Å². The lowest BCUT2D eigenvalue weighted by Gasteiger charge is -2.37. The van der Waals surface area contributed by atoms with Crippen LogP contribution in [0.5, 0.6) is 5.75 Å². The highest BCUT2D eigenvalue weighted by Crippen LogP contribution is 2.40. The van der Waals surface area contributed by atoms with Gasteiger partial charge < -0.3 is 84.5 Å². The molecule has 2 aliphatic carbocycles. The number of rotatable bonds is 33. The lowest BCUT2D eigenvalue weighted by atomic mass is 9.84. The minimum atomic E-state index is -0.398. The molecular formula is C104H138N20O13S8. The molecule has 6 fully saturated rings. The minimum absolute atomic E-state index is 0. The third-order valence-corrected chi connectivity index (χ3v) is 33.2. The van der Waals surface area contributed by atoms with E-state index in [1.807, 2.05) is 51.9 Å². The van der Waals surface area contributed by atoms with Gasteiger partial charge in [-0.15, -0.1) is 47.0 Å². The molecule has 0 bridgehead atoms. The van der Waals surface area contributed by atoms with Gasteiger partial charge in [-0.25, -0.2) is 44.7 Å². The summed E-state index contributed by atoms with van der Waals surface area (Å²) in [6, 6.07) is 14.5. The van der Waals surface area contributed by atoms with Crippen LogP contribution in [0.1, 0.15) is 249 Å². The summed E-state index contributed by atoms with van der Waals surface area (Å²) >= 11 is 13.1. The number of thioether (sulfide) groups is 4. The largest absolute Gasteiger partial charge is 0.445 e. The molecule has 8 amide bonds. The van der Waals surface area contributed by atoms with Gasteiger partial charge in [-0.2, -0.15) is 0 Å². The van der Waals surface area contributed by atoms with E-state index in [0.717, 1.165) is 200 Å². The Balaban J connectivity index is 0.000000172. The third-order valence-electron chi connectivity index (χ3n) is 24.8. The summed E-state index contributed by atoms with van der Waals surface area (Å²) < 4.78 is 33.3. The van der Waals surface area contributed by atoms with Gasteiger partial charge in [-0.05, 0) is 176 Å². The molecule has 4 saturated heterocycles. The van der Waals surface area contributed by atoms with E-state index < -0.39 is 6.09 Å². The van der Waals surface area contributed by atoms with Crippen molar-refractivity contribution in [2.75, 3.05) is 84.3 Å². The van der Waals surface area contributed by atoms with Crippen LogP contribution in [0.4, 0.5) is 36.7 Å². The Morgan fingerprint density at radius 1 is 0.393 bits per heavy atom. The zero-order valence-electron chi connectivity index (χ0n) is 83.8. The number of carbonyl (C=O) groups excluding carboxylic acids is 8. The van der Waals surface area contributed by atoms with Gasteiger partial charge >= 0.3 is 6.09 Å². The van der Waals surface area contributed by atoms with Crippen LogP contribution in [0.3, 0.4) is 0 Å². The third kappa shape index (κ3) is 35.1. The van der Waals surface area contributed by atoms with Gasteiger partial charge in [0.25, 0.3) is 5.91 Å². The highest BCUT2D eigenvalue weighted by atomic mass is 32.2. The Morgan fingerprint density at radius 3 is 1.03 bits per heavy atom. The Labute approximate surface area is 883 Å². The molecule has 41 heteroatoms. The molecule has 4 aliphatic heterocycles. The lowest BCUT2D eigenvalue weighted by molar-refractivity contribution is -0.138. The lowest BCUT2D eigenvalue weighted by Crippen LogP contribution is -2.48. The van der Waals surface area contributed by atoms with Gasteiger partial charge in [0.05, 0.1) is 89.4 Å². The zero-order chi connectivity index (χ0) is 103. The second-order valence-corrected chi connectivity index (χ2v) is 48.8. The summed E-state index contributed by atoms with van der Waals surface area (Å²) in [5.41, 5.74) is 1.67. The number of carbonyl (C=O) groups is 8. The fourth-order valence-electron chi connectivity index (χ4n) is 16.8. The maximum absolute atomic E-state index is 13.2. The van der Waals surface area contributed by atoms with E-state index in [1.165, 1.54) is 24.3 Å². The molecule has 8 N–H and O–H groups in total. The molecule has 0 unspecified atom stereocenters. The standard InChI is InChI=1S/C26H31N5O4S2.2C26H37N5O3S2.C25H29N5O3S2.CH4/c1-5-21(32)29-17-8-10-19(11-9-17)34-25(33)31-12-6-7-18(15-31)30-24-28-14-23(37-24)36-16-22-27-13-20(35-22)26(2,3)4;2*1-5-21(32)29-18-10-8-17(9-11-18)24(33)31-12-6-7-19(15-31)30-25-28-14-23(36-25)35-16-22-27-13-20(34-22)26(2,3)4;1-4-21(31)28-18-9-7-17(8-10-18)24(32)30-11-5-6-19(14-30)29-25-27-13-23(35-25)34-15-22-26-12-20(33-22)16(2)3;/h5,8-11,13-14,18H,1,6-7,12,15-16H2,2-4H3,(H,28,30)(H,29,32);2*5,13-14,17-19H,1,6-12,15-16H2,2-4H3,(H,28,30)(H,29,32);4,7-10,12-13,16,19H,1,5-6,11,14-15H2,2-3H3,(H,27,29)(H,28,31);1H4/t18-;2*17?,18?,19-;19-;/m1110./s1. The van der Waals surface area contributed by atoms with Crippen LogP contribution in [0.2, 0.25) is 0 Å². The van der Waals surface area contributed by atoms with Crippen molar-refractivity contribution in [1.82, 2.24) is 70.1 Å². The van der Waals surface area contributed by atoms with Crippen molar-refractivity contribution < 1.29 is 60.8 Å². The molecule has 2 aromatic carbocycles. The topological polar surface area (TPSA) is 411 Å². The number of likely N-dealkylation sites (tertiary alicyclic amines) is 4. The van der Waals surface area contributed by atoms with E-state index in [4.69, 9.17) is 22.4 Å². The Kier molecular flexibility index (Phi) is 42.0. The number of oxazole rings is 4. The maximum atomic E-state index is 13.2. The van der Waals surface area contributed by atoms with E-state index in [2.05, 4.69) is 185 Å². The van der Waals surface area contributed by atoms with Crippen molar-refractivity contribution >= 4 is 172 Å². The zero-order valence-corrected chi connectivity index (χ0v) is 90.3. The maximum Gasteiger partial charge on any atom is 0.415 e. The molecule has 4 atom stereocenters. The highest BCUT2D eigenvalue weighted by molar-refractivity contribution is 8.01. The first-order valence-electron chi connectivity index (χ1n) is 49.0. The molecule has 780 valence electrons. The fraction of sp³-hybridized carbons (Fsp3) is 0.500. The fourth-order valence-corrected chi connectivity index (χ4v) is 24.0. The summed E-state index contributed by atoms with van der Waals surface area (Å²) in [5.74, 6) is 9.60. The van der Waals surface area contributed by atoms with E-state index in [-0.39, 0.29) is 113 Å². The monoisotopic (exact) mass is 2130 g/mol. The van der Waals surface area contributed by atoms with Crippen LogP contribution in [-0.4, -0.2) is 196 Å². The summed E-state index contributed by atoms with van der Waals surface area (Å²) in [4.78, 5) is 141. The molecule has 0 spiro atoms. The van der Waals surface area contributed by atoms with Crippen molar-refractivity contribution in [3.63, 3.8) is 0 Å². The number of amides is 8. The molecule has 12 heterocycles. The summed E-state index contributed by atoms with van der Waals surface area (Å²) in [5, 5.41) is 28.8. The second kappa shape index (κ2) is 54.0. The average Bonchev–Trinajstić information content (AvgIpc) is 1.83. The van der Waals surface area contributed by atoms with Gasteiger partial charge in [-0.1, -0.05) is 155 Å². The van der Waals surface area contributed by atoms with Crippen LogP contribution in [0.15, 0.2) is 183 Å². The van der Waals surface area contributed by atoms with Crippen molar-refractivity contribution in [3.05, 3.63) is 201 Å². The molecule has 16 rings (SSSR count). The van der Waals surface area contributed by atoms with Gasteiger partial charge in [-0.3, -0.25) is 33.6 Å². The minimum Gasteiger partial charge on any atom is -0.445 e. The molecule has 6 aliphatic rings. The number of hydrogen-bond acceptors (Lipinski definition) is 33. The molecule has 33 nitrogen and oxygen atoms in total. The molecule has 0 radical (unpaired) electrons. The number of aromatic nitrogens is 8. The van der Waals surface area contributed by atoms with Crippen LogP contribution in [0, 0.1) is 11.8 Å². The number of thiazole rings is 4. The highest BCUT2D eigenvalue weighted by Gasteiger charge is 2.37. The number of hydrogen-bond donors (Lipinski definition) is 8. The Hall–Kier alpha value is -11.1. The number of benzene rings is 2. The van der Waals surface area contributed by atoms with Crippen molar-refractivity contribution in [1.29, 1.82) is 0 Å². The van der Waals surface area contributed by atoms with E-state index in [9.17, 15) is 38.4 Å². The van der Waals surface area contributed by atoms with Crippen molar-refractivity contribution in [2.24, 2.45) is 11.8 Å². The Bertz CT molecular complexity index is 5760. The quantitative estimate of drug-likeness (QED) is 0.0140. The van der Waals surface area contributed by atoms with Gasteiger partial charge in [0.1, 0.15) is 28.8 Å². The second-order valence-electron chi connectivity index (χ2n) is 39.6. The summed E-state index contributed by atoms with van der Waals surface area (Å²) in [7, 11) is 0. The number of piperidine rings is 4. The smallest absolute Gasteiger partial charge is 0.415 e. The summed E-state index contributed by atoms with van der Waals surface area (Å²) in [6.45, 7) is 42.6. The van der Waals surface area contributed by atoms with Crippen molar-refractivity contribution in [3.8, 4) is 5.75 Å². The first-order chi connectivity index (χ1) is 69.0. The van der Waals surface area contributed by atoms with Gasteiger partial charge in [0.2, 0.25) is 59.0 Å². The molecule has 8 aromatic heterocycles. The van der Waals surface area contributed by atoms with E-state index in [1.54, 1.807) is 158 Å². The van der Waals surface area contributed by atoms with Gasteiger partial charge in [0, 0.05) is 140 Å². The molecule has 145 heavy (non-hydrogen) atoms. The first kappa shape index (κ1) is 113. The molecule has 2 saturated carbocycles. The van der Waals surface area contributed by atoms with Crippen LogP contribution in [0.25, 0.3) is 0 Å². The molecular weight excluding hydrogens is 1990 g/mol.